The van der Waals surface area contributed by atoms with Gasteiger partial charge >= 0.3 is 0 Å². The zero-order valence-corrected chi connectivity index (χ0v) is 16.0. The van der Waals surface area contributed by atoms with Gasteiger partial charge in [-0.2, -0.15) is 4.98 Å². The molecular formula is C17H23ClN4O2S. The first-order chi connectivity index (χ1) is 11.6. The van der Waals surface area contributed by atoms with Crippen LogP contribution in [0.3, 0.4) is 0 Å². The molecule has 1 aliphatic heterocycles. The number of halogens is 1. The van der Waals surface area contributed by atoms with Gasteiger partial charge in [0.2, 0.25) is 11.7 Å². The van der Waals surface area contributed by atoms with E-state index in [1.807, 2.05) is 43.0 Å². The van der Waals surface area contributed by atoms with Gasteiger partial charge in [-0.15, -0.1) is 24.2 Å². The number of amides is 1. The number of rotatable bonds is 5. The van der Waals surface area contributed by atoms with Crippen molar-refractivity contribution in [3.05, 3.63) is 35.7 Å². The normalized spacial score (nSPS) is 18.0. The lowest BCUT2D eigenvalue weighted by atomic mass is 10.1. The first kappa shape index (κ1) is 19.8. The van der Waals surface area contributed by atoms with Crippen LogP contribution < -0.4 is 5.73 Å². The van der Waals surface area contributed by atoms with Gasteiger partial charge in [-0.25, -0.2) is 0 Å². The number of hydrogen-bond acceptors (Lipinski definition) is 6. The summed E-state index contributed by atoms with van der Waals surface area (Å²) in [7, 11) is 0. The summed E-state index contributed by atoms with van der Waals surface area (Å²) in [5.41, 5.74) is 7.55. The maximum atomic E-state index is 12.5. The molecule has 1 aromatic heterocycles. The molecule has 2 atom stereocenters. The van der Waals surface area contributed by atoms with E-state index in [4.69, 9.17) is 10.3 Å². The van der Waals surface area contributed by atoms with Crippen molar-refractivity contribution in [3.8, 4) is 11.4 Å². The predicted octanol–water partition coefficient (Wildman–Crippen LogP) is 3.24. The number of aromatic nitrogens is 2. The fraction of sp³-hybridized carbons (Fsp3) is 0.471. The Morgan fingerprint density at radius 2 is 2.16 bits per heavy atom. The van der Waals surface area contributed by atoms with Crippen LogP contribution in [0, 0.1) is 5.92 Å². The van der Waals surface area contributed by atoms with Crippen LogP contribution >= 0.6 is 24.2 Å². The summed E-state index contributed by atoms with van der Waals surface area (Å²) in [6.45, 7) is 4.49. The number of carbonyl (C=O) groups excluding carboxylic acids is 1. The summed E-state index contributed by atoms with van der Waals surface area (Å²) < 4.78 is 5.46. The first-order valence-corrected chi connectivity index (χ1v) is 9.30. The molecular weight excluding hydrogens is 360 g/mol. The molecule has 2 unspecified atom stereocenters. The van der Waals surface area contributed by atoms with Crippen LogP contribution in [-0.4, -0.2) is 32.6 Å². The molecule has 3 rings (SSSR count). The van der Waals surface area contributed by atoms with E-state index < -0.39 is 0 Å². The van der Waals surface area contributed by atoms with Gasteiger partial charge in [-0.05, 0) is 12.0 Å². The van der Waals surface area contributed by atoms with Gasteiger partial charge in [-0.1, -0.05) is 43.3 Å². The Hall–Kier alpha value is -1.57. The van der Waals surface area contributed by atoms with Gasteiger partial charge in [0.1, 0.15) is 6.04 Å². The van der Waals surface area contributed by atoms with Crippen molar-refractivity contribution in [1.29, 1.82) is 0 Å². The van der Waals surface area contributed by atoms with Crippen molar-refractivity contribution in [2.24, 2.45) is 11.7 Å². The van der Waals surface area contributed by atoms with E-state index in [2.05, 4.69) is 10.1 Å². The molecule has 1 saturated heterocycles. The number of nitrogens with two attached hydrogens (primary N) is 1. The van der Waals surface area contributed by atoms with Crippen LogP contribution in [-0.2, 0) is 11.3 Å². The molecule has 1 aromatic carbocycles. The Morgan fingerprint density at radius 3 is 2.80 bits per heavy atom. The second-order valence-corrected chi connectivity index (χ2v) is 6.99. The molecule has 0 bridgehead atoms. The van der Waals surface area contributed by atoms with Gasteiger partial charge < -0.3 is 15.2 Å². The van der Waals surface area contributed by atoms with Crippen molar-refractivity contribution < 1.29 is 9.32 Å². The van der Waals surface area contributed by atoms with Crippen molar-refractivity contribution in [3.63, 3.8) is 0 Å². The van der Waals surface area contributed by atoms with E-state index in [1.165, 1.54) is 0 Å². The number of hydrogen-bond donors (Lipinski definition) is 1. The molecule has 0 radical (unpaired) electrons. The van der Waals surface area contributed by atoms with E-state index >= 15 is 0 Å². The maximum absolute atomic E-state index is 12.5. The van der Waals surface area contributed by atoms with Crippen LogP contribution in [0.4, 0.5) is 0 Å². The number of nitrogens with zero attached hydrogens (tertiary/aromatic N) is 3. The highest BCUT2D eigenvalue weighted by Crippen LogP contribution is 2.34. The Kier molecular flexibility index (Phi) is 6.87. The van der Waals surface area contributed by atoms with Crippen LogP contribution in [0.25, 0.3) is 11.4 Å². The van der Waals surface area contributed by atoms with E-state index in [9.17, 15) is 4.79 Å². The third-order valence-corrected chi connectivity index (χ3v) is 5.39. The fourth-order valence-corrected chi connectivity index (χ4v) is 3.75. The lowest BCUT2D eigenvalue weighted by Gasteiger charge is -2.23. The van der Waals surface area contributed by atoms with E-state index in [0.717, 1.165) is 23.3 Å². The van der Waals surface area contributed by atoms with Gasteiger partial charge in [0.25, 0.3) is 5.89 Å². The van der Waals surface area contributed by atoms with Crippen molar-refractivity contribution >= 4 is 30.1 Å². The second-order valence-electron chi connectivity index (χ2n) is 5.99. The summed E-state index contributed by atoms with van der Waals surface area (Å²) in [6.07, 6.45) is 0.829. The molecule has 25 heavy (non-hydrogen) atoms. The molecule has 1 aliphatic rings. The van der Waals surface area contributed by atoms with Crippen LogP contribution in [0.2, 0.25) is 0 Å². The summed E-state index contributed by atoms with van der Waals surface area (Å²) >= 11 is 1.71. The maximum Gasteiger partial charge on any atom is 0.250 e. The van der Waals surface area contributed by atoms with Crippen LogP contribution in [0.5, 0.6) is 0 Å². The summed E-state index contributed by atoms with van der Waals surface area (Å²) in [5, 5.41) is 4.08. The SMILES string of the molecule is CCC(C)C(=O)N1CSCC1c1nc(-c2ccc(CN)cc2)no1.Cl. The molecule has 136 valence electrons. The number of benzene rings is 1. The third kappa shape index (κ3) is 4.16. The molecule has 1 fully saturated rings. The second kappa shape index (κ2) is 8.69. The Bertz CT molecular complexity index is 707. The predicted molar refractivity (Wildman–Crippen MR) is 101 cm³/mol. The van der Waals surface area contributed by atoms with Crippen molar-refractivity contribution in [1.82, 2.24) is 15.0 Å². The molecule has 0 spiro atoms. The highest BCUT2D eigenvalue weighted by Gasteiger charge is 2.36. The lowest BCUT2D eigenvalue weighted by Crippen LogP contribution is -2.35. The first-order valence-electron chi connectivity index (χ1n) is 8.15. The van der Waals surface area contributed by atoms with Crippen LogP contribution in [0.15, 0.2) is 28.8 Å². The van der Waals surface area contributed by atoms with E-state index in [-0.39, 0.29) is 30.3 Å². The molecule has 8 heteroatoms. The standard InChI is InChI=1S/C17H22N4O2S.ClH/c1-3-11(2)17(22)21-10-24-9-14(21)16-19-15(20-23-16)13-6-4-12(8-18)5-7-13;/h4-7,11,14H,3,8-10,18H2,1-2H3;1H. The third-order valence-electron chi connectivity index (χ3n) is 4.37. The minimum atomic E-state index is -0.138. The van der Waals surface area contributed by atoms with Crippen molar-refractivity contribution in [2.45, 2.75) is 32.9 Å². The van der Waals surface area contributed by atoms with Crippen LogP contribution in [0.1, 0.15) is 37.8 Å². The Balaban J connectivity index is 0.00000225. The zero-order chi connectivity index (χ0) is 17.1. The van der Waals surface area contributed by atoms with Gasteiger partial charge in [0.15, 0.2) is 0 Å². The topological polar surface area (TPSA) is 85.2 Å². The quantitative estimate of drug-likeness (QED) is 0.854. The summed E-state index contributed by atoms with van der Waals surface area (Å²) in [4.78, 5) is 18.9. The average Bonchev–Trinajstić information content (AvgIpc) is 3.29. The minimum Gasteiger partial charge on any atom is -0.337 e. The molecule has 6 nitrogen and oxygen atoms in total. The van der Waals surface area contributed by atoms with Crippen molar-refractivity contribution in [2.75, 3.05) is 11.6 Å². The average molecular weight is 383 g/mol. The Labute approximate surface area is 157 Å². The molecule has 0 aliphatic carbocycles. The highest BCUT2D eigenvalue weighted by molar-refractivity contribution is 7.99. The molecule has 2 aromatic rings. The minimum absolute atomic E-state index is 0. The molecule has 2 N–H and O–H groups in total. The van der Waals surface area contributed by atoms with E-state index in [0.29, 0.717) is 24.1 Å². The largest absolute Gasteiger partial charge is 0.337 e. The Morgan fingerprint density at radius 1 is 1.44 bits per heavy atom. The number of thioether (sulfide) groups is 1. The zero-order valence-electron chi connectivity index (χ0n) is 14.3. The molecule has 0 saturated carbocycles. The van der Waals surface area contributed by atoms with E-state index in [1.54, 1.807) is 11.8 Å². The fourth-order valence-electron chi connectivity index (χ4n) is 2.60. The van der Waals surface area contributed by atoms with Gasteiger partial charge in [0.05, 0.1) is 5.88 Å². The molecule has 2 heterocycles. The lowest BCUT2D eigenvalue weighted by molar-refractivity contribution is -0.136. The monoisotopic (exact) mass is 382 g/mol. The summed E-state index contributed by atoms with van der Waals surface area (Å²) in [5.74, 6) is 2.68. The highest BCUT2D eigenvalue weighted by atomic mass is 35.5. The van der Waals surface area contributed by atoms with Gasteiger partial charge in [-0.3, -0.25) is 4.79 Å². The molecule has 1 amide bonds. The number of carbonyl (C=O) groups is 1. The van der Waals surface area contributed by atoms with Gasteiger partial charge in [0, 0.05) is 23.8 Å². The summed E-state index contributed by atoms with van der Waals surface area (Å²) in [6, 6.07) is 7.64. The smallest absolute Gasteiger partial charge is 0.250 e.